The predicted octanol–water partition coefficient (Wildman–Crippen LogP) is 0.217. The van der Waals surface area contributed by atoms with Gasteiger partial charge in [-0.05, 0) is 23.8 Å². The van der Waals surface area contributed by atoms with Crippen LogP contribution in [0.1, 0.15) is 12.5 Å². The van der Waals surface area contributed by atoms with Gasteiger partial charge in [0.25, 0.3) is 11.8 Å². The van der Waals surface area contributed by atoms with E-state index in [1.54, 1.807) is 18.2 Å². The minimum atomic E-state index is -0.927. The van der Waals surface area contributed by atoms with Gasteiger partial charge in [-0.25, -0.2) is 4.79 Å². The summed E-state index contributed by atoms with van der Waals surface area (Å²) in [6, 6.07) is 3.84. The summed E-state index contributed by atoms with van der Waals surface area (Å²) in [5.74, 6) is -2.10. The maximum absolute atomic E-state index is 12.2. The monoisotopic (exact) mass is 409 g/mol. The Balaban J connectivity index is 2.20. The van der Waals surface area contributed by atoms with E-state index in [0.717, 1.165) is 11.0 Å². The van der Waals surface area contributed by atoms with Crippen LogP contribution in [0.15, 0.2) is 30.0 Å². The summed E-state index contributed by atoms with van der Waals surface area (Å²) in [7, 11) is 1.21. The van der Waals surface area contributed by atoms with Gasteiger partial charge >= 0.3 is 5.97 Å². The number of rotatable bonds is 8. The van der Waals surface area contributed by atoms with Crippen molar-refractivity contribution in [2.75, 3.05) is 25.6 Å². The average Bonchev–Trinajstić information content (AvgIpc) is 2.90. The largest absolute Gasteiger partial charge is 0.467 e. The van der Waals surface area contributed by atoms with Crippen LogP contribution >= 0.6 is 11.6 Å². The van der Waals surface area contributed by atoms with Crippen LogP contribution in [0, 0.1) is 0 Å². The second-order valence-corrected chi connectivity index (χ2v) is 6.40. The van der Waals surface area contributed by atoms with E-state index in [9.17, 15) is 19.2 Å². The second kappa shape index (κ2) is 9.34. The standard InChI is InChI=1S/C18H20ClN3O6/c1-10(24)20-15(18(27)28-2)8-11-7-12(3-4-13(11)19)21-14-9-16(25)22(5-6-23)17(14)26/h3-4,7,9,15,21,23H,5-6,8H2,1-2H3,(H,20,24). The molecule has 0 spiro atoms. The summed E-state index contributed by atoms with van der Waals surface area (Å²) >= 11 is 6.19. The molecular weight excluding hydrogens is 390 g/mol. The van der Waals surface area contributed by atoms with E-state index in [1.807, 2.05) is 0 Å². The van der Waals surface area contributed by atoms with Crippen LogP contribution in [-0.4, -0.2) is 60.0 Å². The van der Waals surface area contributed by atoms with Crippen molar-refractivity contribution in [3.05, 3.63) is 40.6 Å². The first-order chi connectivity index (χ1) is 13.3. The number of carbonyl (C=O) groups excluding carboxylic acids is 4. The van der Waals surface area contributed by atoms with Gasteiger partial charge in [-0.2, -0.15) is 0 Å². The minimum absolute atomic E-state index is 0.0538. The van der Waals surface area contributed by atoms with Gasteiger partial charge in [0.05, 0.1) is 20.3 Å². The molecule has 1 heterocycles. The van der Waals surface area contributed by atoms with Crippen LogP contribution in [0.5, 0.6) is 0 Å². The Hall–Kier alpha value is -2.91. The zero-order chi connectivity index (χ0) is 20.8. The number of β-amino-alcohol motifs (C(OH)–C–C–N with tert-alkyl or cyclic N) is 1. The lowest BCUT2D eigenvalue weighted by atomic mass is 10.0. The highest BCUT2D eigenvalue weighted by Crippen LogP contribution is 2.24. The van der Waals surface area contributed by atoms with E-state index >= 15 is 0 Å². The lowest BCUT2D eigenvalue weighted by Gasteiger charge is -2.17. The number of methoxy groups -OCH3 is 1. The Morgan fingerprint density at radius 2 is 2.04 bits per heavy atom. The molecule has 3 amide bonds. The number of anilines is 1. The highest BCUT2D eigenvalue weighted by atomic mass is 35.5. The van der Waals surface area contributed by atoms with Gasteiger partial charge in [-0.15, -0.1) is 0 Å². The SMILES string of the molecule is COC(=O)C(Cc1cc(NC2=CC(=O)N(CCO)C2=O)ccc1Cl)NC(C)=O. The summed E-state index contributed by atoms with van der Waals surface area (Å²) in [6.07, 6.45) is 1.21. The summed E-state index contributed by atoms with van der Waals surface area (Å²) < 4.78 is 4.69. The number of aliphatic hydroxyl groups is 1. The van der Waals surface area contributed by atoms with Crippen molar-refractivity contribution >= 4 is 41.0 Å². The molecule has 150 valence electrons. The fraction of sp³-hybridized carbons (Fsp3) is 0.333. The Bertz CT molecular complexity index is 839. The number of amides is 3. The van der Waals surface area contributed by atoms with Crippen LogP contribution in [0.3, 0.4) is 0 Å². The van der Waals surface area contributed by atoms with Gasteiger partial charge in [0, 0.05) is 30.1 Å². The van der Waals surface area contributed by atoms with Crippen LogP contribution < -0.4 is 10.6 Å². The van der Waals surface area contributed by atoms with Gasteiger partial charge in [0.15, 0.2) is 0 Å². The molecule has 28 heavy (non-hydrogen) atoms. The molecule has 1 aromatic rings. The highest BCUT2D eigenvalue weighted by Gasteiger charge is 2.30. The number of esters is 1. The molecule has 0 aliphatic carbocycles. The zero-order valence-electron chi connectivity index (χ0n) is 15.3. The van der Waals surface area contributed by atoms with Crippen molar-refractivity contribution in [1.82, 2.24) is 10.2 Å². The first-order valence-corrected chi connectivity index (χ1v) is 8.73. The molecule has 1 unspecified atom stereocenters. The lowest BCUT2D eigenvalue weighted by molar-refractivity contribution is -0.144. The maximum Gasteiger partial charge on any atom is 0.328 e. The third-order valence-electron chi connectivity index (χ3n) is 3.94. The molecule has 0 saturated carbocycles. The Kier molecular flexibility index (Phi) is 7.13. The number of ether oxygens (including phenoxy) is 1. The minimum Gasteiger partial charge on any atom is -0.467 e. The molecule has 3 N–H and O–H groups in total. The lowest BCUT2D eigenvalue weighted by Crippen LogP contribution is -2.42. The number of carbonyl (C=O) groups is 4. The third kappa shape index (κ3) is 5.08. The van der Waals surface area contributed by atoms with Crippen LogP contribution in [0.2, 0.25) is 5.02 Å². The first kappa shape index (κ1) is 21.4. The molecule has 0 bridgehead atoms. The number of imide groups is 1. The van der Waals surface area contributed by atoms with Crippen molar-refractivity contribution in [2.24, 2.45) is 0 Å². The van der Waals surface area contributed by atoms with E-state index in [0.29, 0.717) is 16.3 Å². The molecule has 1 atom stereocenters. The number of aliphatic hydroxyl groups excluding tert-OH is 1. The van der Waals surface area contributed by atoms with Crippen molar-refractivity contribution in [2.45, 2.75) is 19.4 Å². The van der Waals surface area contributed by atoms with Gasteiger partial charge in [0.1, 0.15) is 11.7 Å². The zero-order valence-corrected chi connectivity index (χ0v) is 16.1. The van der Waals surface area contributed by atoms with Gasteiger partial charge in [-0.3, -0.25) is 19.3 Å². The molecule has 0 saturated heterocycles. The van der Waals surface area contributed by atoms with Crippen molar-refractivity contribution in [3.8, 4) is 0 Å². The number of hydrogen-bond donors (Lipinski definition) is 3. The van der Waals surface area contributed by atoms with Crippen LogP contribution in [-0.2, 0) is 30.3 Å². The third-order valence-corrected chi connectivity index (χ3v) is 4.31. The molecule has 10 heteroatoms. The fourth-order valence-electron chi connectivity index (χ4n) is 2.68. The van der Waals surface area contributed by atoms with E-state index < -0.39 is 29.7 Å². The van der Waals surface area contributed by atoms with E-state index in [-0.39, 0.29) is 25.3 Å². The van der Waals surface area contributed by atoms with E-state index in [4.69, 9.17) is 21.4 Å². The Morgan fingerprint density at radius 1 is 1.32 bits per heavy atom. The normalized spacial score (nSPS) is 14.6. The van der Waals surface area contributed by atoms with Crippen molar-refractivity contribution in [3.63, 3.8) is 0 Å². The topological polar surface area (TPSA) is 125 Å². The smallest absolute Gasteiger partial charge is 0.328 e. The van der Waals surface area contributed by atoms with Crippen molar-refractivity contribution in [1.29, 1.82) is 0 Å². The average molecular weight is 410 g/mol. The number of benzene rings is 1. The number of nitrogens with one attached hydrogen (secondary N) is 2. The van der Waals surface area contributed by atoms with E-state index in [2.05, 4.69) is 10.6 Å². The molecular formula is C18H20ClN3O6. The molecule has 2 rings (SSSR count). The number of halogens is 1. The highest BCUT2D eigenvalue weighted by molar-refractivity contribution is 6.31. The fourth-order valence-corrected chi connectivity index (χ4v) is 2.87. The molecule has 0 aromatic heterocycles. The maximum atomic E-state index is 12.2. The summed E-state index contributed by atoms with van der Waals surface area (Å²) in [5, 5.41) is 14.6. The summed E-state index contributed by atoms with van der Waals surface area (Å²) in [6.45, 7) is 0.855. The van der Waals surface area contributed by atoms with Gasteiger partial charge < -0.3 is 20.5 Å². The quantitative estimate of drug-likeness (QED) is 0.414. The first-order valence-electron chi connectivity index (χ1n) is 8.35. The van der Waals surface area contributed by atoms with Crippen LogP contribution in [0.25, 0.3) is 0 Å². The van der Waals surface area contributed by atoms with Crippen molar-refractivity contribution < 1.29 is 29.0 Å². The second-order valence-electron chi connectivity index (χ2n) is 5.99. The number of nitrogens with zero attached hydrogens (tertiary/aromatic N) is 1. The molecule has 1 aliphatic heterocycles. The molecule has 1 aromatic carbocycles. The van der Waals surface area contributed by atoms with Crippen LogP contribution in [0.4, 0.5) is 5.69 Å². The Labute approximate surface area is 166 Å². The number of hydrogen-bond acceptors (Lipinski definition) is 7. The molecule has 1 aliphatic rings. The molecule has 9 nitrogen and oxygen atoms in total. The van der Waals surface area contributed by atoms with E-state index in [1.165, 1.54) is 14.0 Å². The van der Waals surface area contributed by atoms with Gasteiger partial charge in [0.2, 0.25) is 5.91 Å². The summed E-state index contributed by atoms with van der Waals surface area (Å²) in [5.41, 5.74) is 1.04. The molecule has 0 radical (unpaired) electrons. The predicted molar refractivity (Wildman–Crippen MR) is 100 cm³/mol. The Morgan fingerprint density at radius 3 is 2.64 bits per heavy atom. The summed E-state index contributed by atoms with van der Waals surface area (Å²) in [4.78, 5) is 48.2. The van der Waals surface area contributed by atoms with Gasteiger partial charge in [-0.1, -0.05) is 11.6 Å². The molecule has 0 fully saturated rings.